The zero-order valence-electron chi connectivity index (χ0n) is 21.7. The third-order valence-electron chi connectivity index (χ3n) is 7.56. The summed E-state index contributed by atoms with van der Waals surface area (Å²) in [6.07, 6.45) is 1.84. The molecule has 6 nitrogen and oxygen atoms in total. The number of carbonyl (C=O) groups is 1. The van der Waals surface area contributed by atoms with Gasteiger partial charge in [0.2, 0.25) is 6.79 Å². The zero-order chi connectivity index (χ0) is 27.3. The Bertz CT molecular complexity index is 1800. The first-order valence-corrected chi connectivity index (χ1v) is 13.0. The molecule has 0 aliphatic carbocycles. The number of aliphatic hydroxyl groups is 1. The fourth-order valence-corrected chi connectivity index (χ4v) is 5.63. The molecular formula is C34H25NO5. The molecule has 0 aromatic heterocycles. The van der Waals surface area contributed by atoms with Gasteiger partial charge in [0, 0.05) is 22.1 Å². The molecule has 0 fully saturated rings. The van der Waals surface area contributed by atoms with E-state index in [0.29, 0.717) is 45.2 Å². The lowest BCUT2D eigenvalue weighted by atomic mass is 9.81. The van der Waals surface area contributed by atoms with Gasteiger partial charge in [-0.3, -0.25) is 9.69 Å². The van der Waals surface area contributed by atoms with E-state index < -0.39 is 5.72 Å². The molecule has 0 radical (unpaired) electrons. The highest BCUT2D eigenvalue weighted by molar-refractivity contribution is 6.33. The van der Waals surface area contributed by atoms with Crippen LogP contribution in [0.4, 0.5) is 5.69 Å². The molecular weight excluding hydrogens is 502 g/mol. The molecule has 2 heterocycles. The minimum Gasteiger partial charge on any atom is -0.497 e. The van der Waals surface area contributed by atoms with Crippen molar-refractivity contribution in [3.8, 4) is 17.2 Å². The molecule has 40 heavy (non-hydrogen) atoms. The van der Waals surface area contributed by atoms with Crippen LogP contribution in [0.3, 0.4) is 0 Å². The number of hydrogen-bond donors (Lipinski definition) is 1. The van der Waals surface area contributed by atoms with E-state index in [1.807, 2.05) is 91.0 Å². The fourth-order valence-electron chi connectivity index (χ4n) is 5.63. The van der Waals surface area contributed by atoms with Crippen molar-refractivity contribution < 1.29 is 24.1 Å². The maximum atomic E-state index is 14.7. The molecule has 0 spiro atoms. The van der Waals surface area contributed by atoms with Gasteiger partial charge in [-0.1, -0.05) is 78.9 Å². The van der Waals surface area contributed by atoms with E-state index >= 15 is 0 Å². The van der Waals surface area contributed by atoms with E-state index in [-0.39, 0.29) is 12.7 Å². The SMILES string of the molecule is COc1ccc(C2(O)c3ccccc3/C(=C/c3ccc4c(c3)OCO4)C(=O)N2c2cccc3ccccc23)cc1. The fraction of sp³-hybridized carbons (Fsp3) is 0.0882. The third kappa shape index (κ3) is 3.65. The van der Waals surface area contributed by atoms with E-state index in [0.717, 1.165) is 16.3 Å². The summed E-state index contributed by atoms with van der Waals surface area (Å²) in [7, 11) is 1.60. The highest BCUT2D eigenvalue weighted by Gasteiger charge is 2.49. The van der Waals surface area contributed by atoms with Gasteiger partial charge in [-0.25, -0.2) is 0 Å². The Hall–Kier alpha value is -5.07. The number of nitrogens with zero attached hydrogens (tertiary/aromatic N) is 1. The Morgan fingerprint density at radius 1 is 0.850 bits per heavy atom. The van der Waals surface area contributed by atoms with Gasteiger partial charge in [0.15, 0.2) is 17.2 Å². The van der Waals surface area contributed by atoms with Crippen LogP contribution in [0.25, 0.3) is 22.4 Å². The van der Waals surface area contributed by atoms with Gasteiger partial charge < -0.3 is 19.3 Å². The lowest BCUT2D eigenvalue weighted by Gasteiger charge is -2.45. The molecule has 1 amide bonds. The maximum absolute atomic E-state index is 14.7. The van der Waals surface area contributed by atoms with Crippen LogP contribution in [0.5, 0.6) is 17.2 Å². The number of anilines is 1. The van der Waals surface area contributed by atoms with Gasteiger partial charge in [-0.2, -0.15) is 0 Å². The van der Waals surface area contributed by atoms with Crippen molar-refractivity contribution in [1.29, 1.82) is 0 Å². The summed E-state index contributed by atoms with van der Waals surface area (Å²) in [5.74, 6) is 1.63. The van der Waals surface area contributed by atoms with Crippen molar-refractivity contribution in [3.05, 3.63) is 131 Å². The normalized spacial score (nSPS) is 18.7. The second-order valence-electron chi connectivity index (χ2n) is 9.76. The van der Waals surface area contributed by atoms with Crippen LogP contribution < -0.4 is 19.1 Å². The molecule has 6 heteroatoms. The van der Waals surface area contributed by atoms with Crippen LogP contribution >= 0.6 is 0 Å². The zero-order valence-corrected chi connectivity index (χ0v) is 21.7. The smallest absolute Gasteiger partial charge is 0.261 e. The van der Waals surface area contributed by atoms with E-state index in [2.05, 4.69) is 0 Å². The summed E-state index contributed by atoms with van der Waals surface area (Å²) >= 11 is 0. The number of amides is 1. The van der Waals surface area contributed by atoms with E-state index in [1.54, 1.807) is 31.4 Å². The predicted molar refractivity (Wildman–Crippen MR) is 154 cm³/mol. The molecule has 0 bridgehead atoms. The van der Waals surface area contributed by atoms with Crippen LogP contribution in [-0.4, -0.2) is 24.9 Å². The van der Waals surface area contributed by atoms with Crippen LogP contribution in [0.2, 0.25) is 0 Å². The van der Waals surface area contributed by atoms with E-state index in [1.165, 1.54) is 4.90 Å². The number of carbonyl (C=O) groups excluding carboxylic acids is 1. The Labute approximate surface area is 231 Å². The average Bonchev–Trinajstić information content (AvgIpc) is 3.47. The van der Waals surface area contributed by atoms with Gasteiger partial charge in [0.25, 0.3) is 5.91 Å². The number of ether oxygens (including phenoxy) is 3. The Morgan fingerprint density at radius 2 is 1.60 bits per heavy atom. The average molecular weight is 528 g/mol. The lowest BCUT2D eigenvalue weighted by Crippen LogP contribution is -2.54. The number of benzene rings is 5. The topological polar surface area (TPSA) is 68.2 Å². The molecule has 0 saturated heterocycles. The first-order chi connectivity index (χ1) is 19.6. The van der Waals surface area contributed by atoms with Gasteiger partial charge >= 0.3 is 0 Å². The van der Waals surface area contributed by atoms with Crippen LogP contribution in [-0.2, 0) is 10.5 Å². The monoisotopic (exact) mass is 527 g/mol. The van der Waals surface area contributed by atoms with Crippen molar-refractivity contribution in [3.63, 3.8) is 0 Å². The number of hydrogen-bond acceptors (Lipinski definition) is 5. The van der Waals surface area contributed by atoms with Crippen molar-refractivity contribution in [2.75, 3.05) is 18.8 Å². The van der Waals surface area contributed by atoms with Crippen LogP contribution in [0.15, 0.2) is 109 Å². The van der Waals surface area contributed by atoms with Crippen molar-refractivity contribution >= 4 is 34.0 Å². The van der Waals surface area contributed by atoms with E-state index in [4.69, 9.17) is 14.2 Å². The molecule has 196 valence electrons. The number of rotatable bonds is 4. The lowest BCUT2D eigenvalue weighted by molar-refractivity contribution is -0.117. The van der Waals surface area contributed by atoms with Gasteiger partial charge in [0.1, 0.15) is 5.75 Å². The first kappa shape index (κ1) is 24.0. The van der Waals surface area contributed by atoms with Crippen molar-refractivity contribution in [1.82, 2.24) is 0 Å². The quantitative estimate of drug-likeness (QED) is 0.276. The Kier molecular flexibility index (Phi) is 5.58. The predicted octanol–water partition coefficient (Wildman–Crippen LogP) is 6.36. The largest absolute Gasteiger partial charge is 0.497 e. The van der Waals surface area contributed by atoms with Gasteiger partial charge in [-0.15, -0.1) is 0 Å². The van der Waals surface area contributed by atoms with Crippen LogP contribution in [0, 0.1) is 0 Å². The second-order valence-corrected chi connectivity index (χ2v) is 9.76. The summed E-state index contributed by atoms with van der Waals surface area (Å²) in [5, 5.41) is 14.6. The summed E-state index contributed by atoms with van der Waals surface area (Å²) in [4.78, 5) is 16.2. The highest BCUT2D eigenvalue weighted by atomic mass is 16.7. The molecule has 2 aliphatic heterocycles. The molecule has 0 saturated carbocycles. The molecule has 7 rings (SSSR count). The first-order valence-electron chi connectivity index (χ1n) is 13.0. The third-order valence-corrected chi connectivity index (χ3v) is 7.56. The second kappa shape index (κ2) is 9.29. The van der Waals surface area contributed by atoms with Crippen molar-refractivity contribution in [2.24, 2.45) is 0 Å². The molecule has 5 aromatic rings. The van der Waals surface area contributed by atoms with Crippen molar-refractivity contribution in [2.45, 2.75) is 5.72 Å². The minimum absolute atomic E-state index is 0.168. The van der Waals surface area contributed by atoms with Gasteiger partial charge in [-0.05, 0) is 52.9 Å². The molecule has 1 unspecified atom stereocenters. The number of methoxy groups -OCH3 is 1. The molecule has 2 aliphatic rings. The number of fused-ring (bicyclic) bond motifs is 3. The molecule has 1 atom stereocenters. The van der Waals surface area contributed by atoms with E-state index in [9.17, 15) is 9.90 Å². The van der Waals surface area contributed by atoms with Gasteiger partial charge in [0.05, 0.1) is 12.8 Å². The summed E-state index contributed by atoms with van der Waals surface area (Å²) < 4.78 is 16.4. The minimum atomic E-state index is -1.80. The standard InChI is InChI=1S/C34H25NO5/c1-38-25-16-14-24(15-17-25)34(37)29-11-5-4-10-27(29)28(19-22-13-18-31-32(20-22)40-21-39-31)33(36)35(34)30-12-6-8-23-7-2-3-9-26(23)30/h2-20,37H,21H2,1H3/b28-19-. The maximum Gasteiger partial charge on any atom is 0.261 e. The summed E-state index contributed by atoms with van der Waals surface area (Å²) in [6.45, 7) is 0.168. The summed E-state index contributed by atoms with van der Waals surface area (Å²) in [5.41, 5.74) is 1.85. The molecule has 5 aromatic carbocycles. The Balaban J connectivity index is 1.51. The molecule has 1 N–H and O–H groups in total. The highest BCUT2D eigenvalue weighted by Crippen LogP contribution is 2.48. The van der Waals surface area contributed by atoms with Crippen LogP contribution in [0.1, 0.15) is 22.3 Å². The summed E-state index contributed by atoms with van der Waals surface area (Å²) in [6, 6.07) is 33.9. The Morgan fingerprint density at radius 3 is 2.45 bits per heavy atom.